The van der Waals surface area contributed by atoms with Crippen LogP contribution in [0.5, 0.6) is 0 Å². The maximum atomic E-state index is 13.0. The Bertz CT molecular complexity index is 1410. The number of rotatable bonds is 0. The average Bonchev–Trinajstić information content (AvgIpc) is 3.18. The number of hydrogen-bond donors (Lipinski definition) is 0. The molecule has 1 aliphatic rings. The van der Waals surface area contributed by atoms with Crippen molar-refractivity contribution in [2.45, 2.75) is 0 Å². The second-order valence-corrected chi connectivity index (χ2v) is 7.03. The van der Waals surface area contributed by atoms with Crippen molar-refractivity contribution in [2.75, 3.05) is 0 Å². The van der Waals surface area contributed by atoms with Gasteiger partial charge in [-0.2, -0.15) is 0 Å². The molecule has 4 aromatic carbocycles. The van der Waals surface area contributed by atoms with Gasteiger partial charge in [0.1, 0.15) is 11.2 Å². The molecule has 0 saturated carbocycles. The van der Waals surface area contributed by atoms with E-state index in [0.717, 1.165) is 43.8 Å². The Labute approximate surface area is 153 Å². The van der Waals surface area contributed by atoms with Gasteiger partial charge in [0.15, 0.2) is 5.78 Å². The number of halogens is 1. The number of carbonyl (C=O) groups is 1. The van der Waals surface area contributed by atoms with Gasteiger partial charge in [0.2, 0.25) is 0 Å². The van der Waals surface area contributed by atoms with Gasteiger partial charge in [-0.15, -0.1) is 0 Å². The zero-order chi connectivity index (χ0) is 17.4. The molecule has 1 aromatic heterocycles. The molecule has 0 unspecified atom stereocenters. The van der Waals surface area contributed by atoms with Gasteiger partial charge in [-0.1, -0.05) is 54.1 Å². The summed E-state index contributed by atoms with van der Waals surface area (Å²) in [7, 11) is 0. The normalized spacial score (nSPS) is 12.9. The van der Waals surface area contributed by atoms with Crippen molar-refractivity contribution in [1.82, 2.24) is 0 Å². The molecule has 0 spiro atoms. The van der Waals surface area contributed by atoms with Crippen LogP contribution in [0.3, 0.4) is 0 Å². The van der Waals surface area contributed by atoms with Crippen molar-refractivity contribution in [3.8, 4) is 11.1 Å². The molecule has 1 heterocycles. The summed E-state index contributed by atoms with van der Waals surface area (Å²) in [5, 5.41) is 4.61. The lowest BCUT2D eigenvalue weighted by molar-refractivity contribution is 0.104. The highest BCUT2D eigenvalue weighted by Gasteiger charge is 2.32. The first-order valence-corrected chi connectivity index (χ1v) is 8.82. The third-order valence-electron chi connectivity index (χ3n) is 5.28. The van der Waals surface area contributed by atoms with Crippen LogP contribution in [-0.2, 0) is 0 Å². The topological polar surface area (TPSA) is 30.2 Å². The van der Waals surface area contributed by atoms with Crippen LogP contribution >= 0.6 is 11.6 Å². The van der Waals surface area contributed by atoms with E-state index in [0.29, 0.717) is 16.1 Å². The van der Waals surface area contributed by atoms with Crippen LogP contribution in [0.15, 0.2) is 71.1 Å². The predicted molar refractivity (Wildman–Crippen MR) is 105 cm³/mol. The van der Waals surface area contributed by atoms with E-state index in [9.17, 15) is 4.79 Å². The zero-order valence-electron chi connectivity index (χ0n) is 13.5. The van der Waals surface area contributed by atoms with Crippen LogP contribution in [0, 0.1) is 0 Å². The molecule has 26 heavy (non-hydrogen) atoms. The fourth-order valence-electron chi connectivity index (χ4n) is 4.15. The highest BCUT2D eigenvalue weighted by molar-refractivity contribution is 6.39. The second-order valence-electron chi connectivity index (χ2n) is 6.62. The van der Waals surface area contributed by atoms with Gasteiger partial charge in [0.25, 0.3) is 0 Å². The quantitative estimate of drug-likeness (QED) is 0.307. The Morgan fingerprint density at radius 2 is 1.42 bits per heavy atom. The lowest BCUT2D eigenvalue weighted by Gasteiger charge is -2.08. The van der Waals surface area contributed by atoms with Crippen LogP contribution < -0.4 is 0 Å². The largest absolute Gasteiger partial charge is 0.455 e. The van der Waals surface area contributed by atoms with Crippen molar-refractivity contribution in [3.05, 3.63) is 82.9 Å². The van der Waals surface area contributed by atoms with Gasteiger partial charge in [-0.3, -0.25) is 4.79 Å². The van der Waals surface area contributed by atoms with Gasteiger partial charge >= 0.3 is 0 Å². The van der Waals surface area contributed by atoms with Crippen LogP contribution in [0.2, 0.25) is 5.02 Å². The summed E-state index contributed by atoms with van der Waals surface area (Å²) in [5.41, 5.74) is 4.73. The van der Waals surface area contributed by atoms with Crippen molar-refractivity contribution in [2.24, 2.45) is 0 Å². The average molecular weight is 355 g/mol. The van der Waals surface area contributed by atoms with Crippen LogP contribution in [0.25, 0.3) is 43.8 Å². The maximum Gasteiger partial charge on any atom is 0.194 e. The molecule has 5 aromatic rings. The molecule has 0 fully saturated rings. The lowest BCUT2D eigenvalue weighted by Crippen LogP contribution is -1.95. The summed E-state index contributed by atoms with van der Waals surface area (Å²) in [5.74, 6) is 0.00464. The standard InChI is InChI=1S/C23H11ClO2/c24-18-11-17-20(14-7-2-1-5-12(14)18)21-16(22(17)25)10-9-15-13-6-3-4-8-19(13)26-23(15)21/h1-11H. The molecule has 122 valence electrons. The Balaban J connectivity index is 1.87. The van der Waals surface area contributed by atoms with Crippen LogP contribution in [0.1, 0.15) is 15.9 Å². The summed E-state index contributed by atoms with van der Waals surface area (Å²) in [4.78, 5) is 13.0. The van der Waals surface area contributed by atoms with E-state index in [-0.39, 0.29) is 5.78 Å². The first-order chi connectivity index (χ1) is 12.7. The number of hydrogen-bond acceptors (Lipinski definition) is 2. The molecule has 0 bridgehead atoms. The highest BCUT2D eigenvalue weighted by atomic mass is 35.5. The summed E-state index contributed by atoms with van der Waals surface area (Å²) in [6, 6.07) is 21.6. The summed E-state index contributed by atoms with van der Waals surface area (Å²) < 4.78 is 6.19. The minimum Gasteiger partial charge on any atom is -0.455 e. The minimum absolute atomic E-state index is 0.00464. The van der Waals surface area contributed by atoms with E-state index in [1.54, 1.807) is 6.07 Å². The smallest absolute Gasteiger partial charge is 0.194 e. The number of fused-ring (bicyclic) bond motifs is 9. The number of furan rings is 1. The molecule has 0 atom stereocenters. The Morgan fingerprint density at radius 3 is 2.27 bits per heavy atom. The Kier molecular flexibility index (Phi) is 2.58. The predicted octanol–water partition coefficient (Wildman–Crippen LogP) is 6.60. The number of para-hydroxylation sites is 1. The van der Waals surface area contributed by atoms with Crippen molar-refractivity contribution < 1.29 is 9.21 Å². The van der Waals surface area contributed by atoms with E-state index in [1.165, 1.54) is 0 Å². The van der Waals surface area contributed by atoms with Gasteiger partial charge in [0, 0.05) is 43.4 Å². The van der Waals surface area contributed by atoms with E-state index in [2.05, 4.69) is 0 Å². The van der Waals surface area contributed by atoms with E-state index < -0.39 is 0 Å². The van der Waals surface area contributed by atoms with Gasteiger partial charge < -0.3 is 4.42 Å². The molecule has 0 N–H and O–H groups in total. The SMILES string of the molecule is O=C1c2cc(Cl)c3ccccc3c2-c2c1ccc1c2oc2ccccc21. The lowest BCUT2D eigenvalue weighted by atomic mass is 9.96. The summed E-state index contributed by atoms with van der Waals surface area (Å²) in [6.07, 6.45) is 0. The molecule has 0 amide bonds. The molecule has 0 aliphatic heterocycles. The molecule has 0 saturated heterocycles. The number of ketones is 1. The Morgan fingerprint density at radius 1 is 0.692 bits per heavy atom. The van der Waals surface area contributed by atoms with Gasteiger partial charge in [-0.25, -0.2) is 0 Å². The molecular weight excluding hydrogens is 344 g/mol. The molecule has 0 radical (unpaired) electrons. The highest BCUT2D eigenvalue weighted by Crippen LogP contribution is 2.48. The molecule has 3 heteroatoms. The minimum atomic E-state index is 0.00464. The molecule has 6 rings (SSSR count). The molecule has 1 aliphatic carbocycles. The summed E-state index contributed by atoms with van der Waals surface area (Å²) >= 11 is 6.46. The van der Waals surface area contributed by atoms with Gasteiger partial charge in [0.05, 0.1) is 0 Å². The van der Waals surface area contributed by atoms with Crippen molar-refractivity contribution >= 4 is 50.1 Å². The van der Waals surface area contributed by atoms with Crippen molar-refractivity contribution in [3.63, 3.8) is 0 Å². The fourth-order valence-corrected chi connectivity index (χ4v) is 4.42. The Hall–Kier alpha value is -3.10. The van der Waals surface area contributed by atoms with Crippen LogP contribution in [-0.4, -0.2) is 5.78 Å². The number of benzene rings is 4. The maximum absolute atomic E-state index is 13.0. The van der Waals surface area contributed by atoms with E-state index in [1.807, 2.05) is 60.7 Å². The fraction of sp³-hybridized carbons (Fsp3) is 0. The van der Waals surface area contributed by atoms with E-state index in [4.69, 9.17) is 16.0 Å². The van der Waals surface area contributed by atoms with E-state index >= 15 is 0 Å². The third-order valence-corrected chi connectivity index (χ3v) is 5.59. The van der Waals surface area contributed by atoms with Gasteiger partial charge in [-0.05, 0) is 29.7 Å². The van der Waals surface area contributed by atoms with Crippen molar-refractivity contribution in [1.29, 1.82) is 0 Å². The summed E-state index contributed by atoms with van der Waals surface area (Å²) in [6.45, 7) is 0. The second kappa shape index (κ2) is 4.75. The first-order valence-electron chi connectivity index (χ1n) is 8.44. The van der Waals surface area contributed by atoms with Crippen LogP contribution in [0.4, 0.5) is 0 Å². The third kappa shape index (κ3) is 1.60. The number of carbonyl (C=O) groups excluding carboxylic acids is 1. The zero-order valence-corrected chi connectivity index (χ0v) is 14.3. The molecule has 2 nitrogen and oxygen atoms in total. The molecular formula is C23H11ClO2. The first kappa shape index (κ1) is 14.1. The monoisotopic (exact) mass is 354 g/mol.